The Kier molecular flexibility index (Phi) is 12.8. The molecule has 0 fully saturated rings. The summed E-state index contributed by atoms with van der Waals surface area (Å²) >= 11 is 0. The average molecular weight is 380 g/mol. The van der Waals surface area contributed by atoms with Gasteiger partial charge in [-0.15, -0.1) is 0 Å². The molecule has 0 aliphatic heterocycles. The maximum absolute atomic E-state index is 10.6. The Balaban J connectivity index is 2.62. The fraction of sp³-hybridized carbons (Fsp3) is 0.739. The summed E-state index contributed by atoms with van der Waals surface area (Å²) in [6, 6.07) is 3.88. The van der Waals surface area contributed by atoms with Crippen molar-refractivity contribution in [2.45, 2.75) is 84.6 Å². The molecule has 0 bridgehead atoms. The molecule has 4 heteroatoms. The standard InChI is InChI=1S/C23H41NO3/c1-5-7-9-11-13-15-26-21-17-20(19-24(3)4)18-22(23(21)25)27-16-14-12-10-8-6-2/h17-18,25H,5-16,19H2,1-4H3. The van der Waals surface area contributed by atoms with Crippen LogP contribution in [0.2, 0.25) is 0 Å². The molecule has 156 valence electrons. The minimum Gasteiger partial charge on any atom is -0.502 e. The number of phenols is 1. The molecule has 0 aliphatic carbocycles. The molecule has 1 aromatic rings. The normalized spacial score (nSPS) is 11.1. The lowest BCUT2D eigenvalue weighted by molar-refractivity contribution is 0.263. The number of benzene rings is 1. The van der Waals surface area contributed by atoms with Gasteiger partial charge in [0.15, 0.2) is 11.5 Å². The van der Waals surface area contributed by atoms with Crippen LogP contribution in [0.25, 0.3) is 0 Å². The van der Waals surface area contributed by atoms with Gasteiger partial charge < -0.3 is 19.5 Å². The van der Waals surface area contributed by atoms with Gasteiger partial charge in [0.05, 0.1) is 13.2 Å². The van der Waals surface area contributed by atoms with Crippen LogP contribution >= 0.6 is 0 Å². The number of hydrogen-bond acceptors (Lipinski definition) is 4. The Hall–Kier alpha value is -1.42. The molecular formula is C23H41NO3. The summed E-state index contributed by atoms with van der Waals surface area (Å²) in [5.41, 5.74) is 1.10. The molecule has 0 radical (unpaired) electrons. The molecule has 0 heterocycles. The van der Waals surface area contributed by atoms with E-state index in [2.05, 4.69) is 18.7 Å². The number of hydrogen-bond donors (Lipinski definition) is 1. The summed E-state index contributed by atoms with van der Waals surface area (Å²) in [4.78, 5) is 2.11. The Labute approximate surface area is 166 Å². The summed E-state index contributed by atoms with van der Waals surface area (Å²) in [6.07, 6.45) is 11.9. The Morgan fingerprint density at radius 1 is 0.741 bits per heavy atom. The van der Waals surface area contributed by atoms with E-state index in [1.54, 1.807) is 0 Å². The van der Waals surface area contributed by atoms with Crippen LogP contribution in [0.4, 0.5) is 0 Å². The Bertz CT molecular complexity index is 465. The number of aromatic hydroxyl groups is 1. The minimum absolute atomic E-state index is 0.139. The van der Waals surface area contributed by atoms with Gasteiger partial charge in [0.25, 0.3) is 0 Å². The van der Waals surface area contributed by atoms with E-state index in [0.29, 0.717) is 24.7 Å². The van der Waals surface area contributed by atoms with E-state index in [-0.39, 0.29) is 5.75 Å². The van der Waals surface area contributed by atoms with Crippen molar-refractivity contribution in [3.8, 4) is 17.2 Å². The fourth-order valence-corrected chi connectivity index (χ4v) is 3.09. The van der Waals surface area contributed by atoms with Crippen LogP contribution in [0.1, 0.15) is 83.6 Å². The molecule has 0 aromatic heterocycles. The highest BCUT2D eigenvalue weighted by Crippen LogP contribution is 2.38. The predicted octanol–water partition coefficient (Wildman–Crippen LogP) is 6.15. The maximum atomic E-state index is 10.6. The second-order valence-electron chi connectivity index (χ2n) is 7.70. The zero-order chi connectivity index (χ0) is 19.9. The fourth-order valence-electron chi connectivity index (χ4n) is 3.09. The van der Waals surface area contributed by atoms with E-state index in [4.69, 9.17) is 9.47 Å². The van der Waals surface area contributed by atoms with E-state index < -0.39 is 0 Å². The summed E-state index contributed by atoms with van der Waals surface area (Å²) in [5.74, 6) is 1.23. The average Bonchev–Trinajstić information content (AvgIpc) is 2.63. The van der Waals surface area contributed by atoms with Gasteiger partial charge >= 0.3 is 0 Å². The molecule has 0 saturated carbocycles. The third kappa shape index (κ3) is 10.5. The molecule has 1 aromatic carbocycles. The number of nitrogens with zero attached hydrogens (tertiary/aromatic N) is 1. The third-order valence-electron chi connectivity index (χ3n) is 4.61. The van der Waals surface area contributed by atoms with Crippen LogP contribution in [0.15, 0.2) is 12.1 Å². The van der Waals surface area contributed by atoms with Gasteiger partial charge in [-0.2, -0.15) is 0 Å². The molecule has 27 heavy (non-hydrogen) atoms. The molecule has 4 nitrogen and oxygen atoms in total. The van der Waals surface area contributed by atoms with Crippen molar-refractivity contribution in [3.63, 3.8) is 0 Å². The van der Waals surface area contributed by atoms with Gasteiger partial charge in [0, 0.05) is 6.54 Å². The van der Waals surface area contributed by atoms with E-state index in [9.17, 15) is 5.11 Å². The Morgan fingerprint density at radius 2 is 1.19 bits per heavy atom. The zero-order valence-corrected chi connectivity index (χ0v) is 18.1. The van der Waals surface area contributed by atoms with E-state index >= 15 is 0 Å². The molecule has 0 atom stereocenters. The molecule has 0 saturated heterocycles. The maximum Gasteiger partial charge on any atom is 0.200 e. The molecule has 0 amide bonds. The second-order valence-corrected chi connectivity index (χ2v) is 7.70. The molecule has 0 aliphatic rings. The van der Waals surface area contributed by atoms with Gasteiger partial charge in [0.1, 0.15) is 0 Å². The first-order valence-corrected chi connectivity index (χ1v) is 10.8. The van der Waals surface area contributed by atoms with Crippen LogP contribution in [-0.2, 0) is 6.54 Å². The van der Waals surface area contributed by atoms with Crippen molar-refractivity contribution >= 4 is 0 Å². The SMILES string of the molecule is CCCCCCCOc1cc(CN(C)C)cc(OCCCCCCC)c1O. The van der Waals surface area contributed by atoms with Crippen molar-refractivity contribution in [1.82, 2.24) is 4.90 Å². The highest BCUT2D eigenvalue weighted by atomic mass is 16.5. The van der Waals surface area contributed by atoms with E-state index in [1.807, 2.05) is 26.2 Å². The molecule has 0 spiro atoms. The molecule has 0 unspecified atom stereocenters. The molecule has 1 N–H and O–H groups in total. The van der Waals surface area contributed by atoms with E-state index in [1.165, 1.54) is 51.4 Å². The number of unbranched alkanes of at least 4 members (excludes halogenated alkanes) is 8. The number of ether oxygens (including phenoxy) is 2. The smallest absolute Gasteiger partial charge is 0.200 e. The summed E-state index contributed by atoms with van der Waals surface area (Å²) in [6.45, 7) is 6.50. The number of phenolic OH excluding ortho intramolecular Hbond substituents is 1. The van der Waals surface area contributed by atoms with Crippen molar-refractivity contribution in [2.75, 3.05) is 27.3 Å². The lowest BCUT2D eigenvalue weighted by atomic mass is 10.1. The van der Waals surface area contributed by atoms with Gasteiger partial charge in [-0.25, -0.2) is 0 Å². The summed E-state index contributed by atoms with van der Waals surface area (Å²) < 4.78 is 11.8. The van der Waals surface area contributed by atoms with Crippen LogP contribution in [0, 0.1) is 0 Å². The largest absolute Gasteiger partial charge is 0.502 e. The highest BCUT2D eigenvalue weighted by Gasteiger charge is 2.13. The monoisotopic (exact) mass is 379 g/mol. The number of rotatable bonds is 16. The summed E-state index contributed by atoms with van der Waals surface area (Å²) in [7, 11) is 4.07. The quantitative estimate of drug-likeness (QED) is 0.350. The van der Waals surface area contributed by atoms with Crippen molar-refractivity contribution < 1.29 is 14.6 Å². The Morgan fingerprint density at radius 3 is 1.59 bits per heavy atom. The van der Waals surface area contributed by atoms with Crippen LogP contribution in [0.5, 0.6) is 17.2 Å². The lowest BCUT2D eigenvalue weighted by Gasteiger charge is -2.17. The highest BCUT2D eigenvalue weighted by molar-refractivity contribution is 5.52. The first-order chi connectivity index (χ1) is 13.1. The van der Waals surface area contributed by atoms with Crippen molar-refractivity contribution in [3.05, 3.63) is 17.7 Å². The first kappa shape index (κ1) is 23.6. The minimum atomic E-state index is 0.139. The topological polar surface area (TPSA) is 41.9 Å². The van der Waals surface area contributed by atoms with Crippen molar-refractivity contribution in [2.24, 2.45) is 0 Å². The predicted molar refractivity (Wildman–Crippen MR) is 114 cm³/mol. The zero-order valence-electron chi connectivity index (χ0n) is 18.1. The molecular weight excluding hydrogens is 338 g/mol. The third-order valence-corrected chi connectivity index (χ3v) is 4.61. The second kappa shape index (κ2) is 14.6. The lowest BCUT2D eigenvalue weighted by Crippen LogP contribution is -2.11. The van der Waals surface area contributed by atoms with Gasteiger partial charge in [-0.1, -0.05) is 65.2 Å². The van der Waals surface area contributed by atoms with Gasteiger partial charge in [-0.05, 0) is 44.6 Å². The first-order valence-electron chi connectivity index (χ1n) is 10.8. The van der Waals surface area contributed by atoms with Gasteiger partial charge in [0.2, 0.25) is 5.75 Å². The summed E-state index contributed by atoms with van der Waals surface area (Å²) in [5, 5.41) is 10.6. The molecule has 1 rings (SSSR count). The van der Waals surface area contributed by atoms with E-state index in [0.717, 1.165) is 24.9 Å². The van der Waals surface area contributed by atoms with Crippen LogP contribution in [-0.4, -0.2) is 37.3 Å². The van der Waals surface area contributed by atoms with Crippen LogP contribution < -0.4 is 9.47 Å². The van der Waals surface area contributed by atoms with Crippen molar-refractivity contribution in [1.29, 1.82) is 0 Å². The van der Waals surface area contributed by atoms with Crippen LogP contribution in [0.3, 0.4) is 0 Å². The van der Waals surface area contributed by atoms with Gasteiger partial charge in [-0.3, -0.25) is 0 Å².